The maximum atomic E-state index is 12.4. The Morgan fingerprint density at radius 1 is 1.13 bits per heavy atom. The summed E-state index contributed by atoms with van der Waals surface area (Å²) in [6.45, 7) is 0.660. The molecule has 0 aliphatic carbocycles. The monoisotopic (exact) mass is 437 g/mol. The van der Waals surface area contributed by atoms with Crippen molar-refractivity contribution in [3.05, 3.63) is 64.9 Å². The largest absolute Gasteiger partial charge is 0.487 e. The molecule has 3 heterocycles. The van der Waals surface area contributed by atoms with Crippen LogP contribution >= 0.6 is 11.6 Å². The fraction of sp³-hybridized carbons (Fsp3) is 0.261. The molecule has 0 radical (unpaired) electrons. The summed E-state index contributed by atoms with van der Waals surface area (Å²) in [5.41, 5.74) is 2.79. The zero-order chi connectivity index (χ0) is 21.2. The first-order valence-electron chi connectivity index (χ1n) is 10.1. The van der Waals surface area contributed by atoms with E-state index < -0.39 is 0 Å². The van der Waals surface area contributed by atoms with Crippen molar-refractivity contribution in [1.29, 1.82) is 0 Å². The third-order valence-electron chi connectivity index (χ3n) is 5.27. The van der Waals surface area contributed by atoms with Crippen LogP contribution in [-0.2, 0) is 17.6 Å². The van der Waals surface area contributed by atoms with Gasteiger partial charge in [-0.2, -0.15) is 0 Å². The number of rotatable bonds is 6. The van der Waals surface area contributed by atoms with Gasteiger partial charge in [0, 0.05) is 35.8 Å². The fourth-order valence-corrected chi connectivity index (χ4v) is 4.02. The first-order valence-corrected chi connectivity index (χ1v) is 10.5. The molecule has 2 aliphatic heterocycles. The van der Waals surface area contributed by atoms with Crippen LogP contribution in [0.4, 0.5) is 0 Å². The number of ether oxygens (including phenoxy) is 3. The third-order valence-corrected chi connectivity index (χ3v) is 5.49. The van der Waals surface area contributed by atoms with E-state index in [1.807, 2.05) is 30.3 Å². The Bertz CT molecular complexity index is 1120. The van der Waals surface area contributed by atoms with Crippen LogP contribution in [0.3, 0.4) is 0 Å². The fourth-order valence-electron chi connectivity index (χ4n) is 3.78. The maximum absolute atomic E-state index is 12.4. The predicted molar refractivity (Wildman–Crippen MR) is 114 cm³/mol. The van der Waals surface area contributed by atoms with Gasteiger partial charge in [-0.25, -0.2) is 9.97 Å². The molecule has 158 valence electrons. The van der Waals surface area contributed by atoms with Gasteiger partial charge in [0.1, 0.15) is 11.9 Å². The molecule has 5 rings (SSSR count). The first-order chi connectivity index (χ1) is 15.2. The van der Waals surface area contributed by atoms with Crippen LogP contribution in [-0.4, -0.2) is 35.3 Å². The summed E-state index contributed by atoms with van der Waals surface area (Å²) in [6.07, 6.45) is 4.88. The van der Waals surface area contributed by atoms with Gasteiger partial charge < -0.3 is 19.5 Å². The predicted octanol–water partition coefficient (Wildman–Crippen LogP) is 3.58. The molecule has 31 heavy (non-hydrogen) atoms. The van der Waals surface area contributed by atoms with Gasteiger partial charge in [0.25, 0.3) is 0 Å². The van der Waals surface area contributed by atoms with E-state index in [1.165, 1.54) is 0 Å². The van der Waals surface area contributed by atoms with Crippen molar-refractivity contribution < 1.29 is 19.0 Å². The molecule has 1 N–H and O–H groups in total. The van der Waals surface area contributed by atoms with Crippen LogP contribution < -0.4 is 19.5 Å². The molecule has 1 amide bonds. The molecule has 1 unspecified atom stereocenters. The molecule has 0 fully saturated rings. The van der Waals surface area contributed by atoms with E-state index in [4.69, 9.17) is 25.8 Å². The minimum absolute atomic E-state index is 0.0260. The minimum Gasteiger partial charge on any atom is -0.487 e. The molecule has 2 aliphatic rings. The molecular formula is C23H20ClN3O4. The molecule has 0 saturated heterocycles. The van der Waals surface area contributed by atoms with Crippen molar-refractivity contribution in [3.63, 3.8) is 0 Å². The van der Waals surface area contributed by atoms with Crippen molar-refractivity contribution in [1.82, 2.24) is 15.3 Å². The molecule has 3 aromatic rings. The Morgan fingerprint density at radius 2 is 1.97 bits per heavy atom. The summed E-state index contributed by atoms with van der Waals surface area (Å²) < 4.78 is 16.8. The zero-order valence-corrected chi connectivity index (χ0v) is 17.4. The summed E-state index contributed by atoms with van der Waals surface area (Å²) in [5, 5.41) is 3.58. The normalized spacial score (nSPS) is 16.0. The topological polar surface area (TPSA) is 82.6 Å². The second-order valence-electron chi connectivity index (χ2n) is 7.45. The van der Waals surface area contributed by atoms with Crippen molar-refractivity contribution in [2.45, 2.75) is 25.4 Å². The van der Waals surface area contributed by atoms with Gasteiger partial charge >= 0.3 is 0 Å². The number of aryl methyl sites for hydroxylation is 1. The summed E-state index contributed by atoms with van der Waals surface area (Å²) in [7, 11) is 0. The third kappa shape index (κ3) is 4.27. The van der Waals surface area contributed by atoms with Crippen LogP contribution in [0.5, 0.6) is 17.2 Å². The van der Waals surface area contributed by atoms with E-state index in [2.05, 4.69) is 15.3 Å². The van der Waals surface area contributed by atoms with E-state index in [0.29, 0.717) is 36.7 Å². The van der Waals surface area contributed by atoms with Crippen molar-refractivity contribution in [2.24, 2.45) is 0 Å². The number of nitrogens with zero attached hydrogens (tertiary/aromatic N) is 2. The van der Waals surface area contributed by atoms with Gasteiger partial charge in [-0.3, -0.25) is 4.79 Å². The Hall–Kier alpha value is -3.32. The van der Waals surface area contributed by atoms with Crippen LogP contribution in [0.15, 0.2) is 48.8 Å². The molecule has 1 atom stereocenters. The van der Waals surface area contributed by atoms with E-state index in [1.54, 1.807) is 18.5 Å². The van der Waals surface area contributed by atoms with Crippen LogP contribution in [0, 0.1) is 0 Å². The summed E-state index contributed by atoms with van der Waals surface area (Å²) in [6, 6.07) is 11.2. The number of fused-ring (bicyclic) bond motifs is 2. The number of amides is 1. The molecule has 0 saturated carbocycles. The lowest BCUT2D eigenvalue weighted by atomic mass is 10.1. The number of carbonyl (C=O) groups excluding carboxylic acids is 1. The number of halogens is 1. The highest BCUT2D eigenvalue weighted by Crippen LogP contribution is 2.39. The van der Waals surface area contributed by atoms with Crippen molar-refractivity contribution >= 4 is 17.5 Å². The standard InChI is InChI=1S/C23H20ClN3O4/c24-16-9-15-10-17(31-22(15)18(11-16)23-25-6-1-7-26-23)12-27-21(28)5-3-14-2-4-19-20(8-14)30-13-29-19/h1-2,4,6-9,11,17H,3,5,10,12-13H2,(H,27,28). The smallest absolute Gasteiger partial charge is 0.231 e. The van der Waals surface area contributed by atoms with Gasteiger partial charge in [0.2, 0.25) is 12.7 Å². The second kappa shape index (κ2) is 8.43. The highest BCUT2D eigenvalue weighted by atomic mass is 35.5. The average molecular weight is 438 g/mol. The van der Waals surface area contributed by atoms with Crippen LogP contribution in [0.2, 0.25) is 5.02 Å². The highest BCUT2D eigenvalue weighted by Gasteiger charge is 2.27. The minimum atomic E-state index is -0.162. The molecule has 1 aromatic heterocycles. The number of aromatic nitrogens is 2. The summed E-state index contributed by atoms with van der Waals surface area (Å²) in [5.74, 6) is 2.74. The Morgan fingerprint density at radius 3 is 2.84 bits per heavy atom. The van der Waals surface area contributed by atoms with Gasteiger partial charge in [0.15, 0.2) is 17.3 Å². The van der Waals surface area contributed by atoms with E-state index in [9.17, 15) is 4.79 Å². The van der Waals surface area contributed by atoms with Gasteiger partial charge in [-0.05, 0) is 42.3 Å². The Balaban J connectivity index is 1.17. The molecule has 0 bridgehead atoms. The number of carbonyl (C=O) groups is 1. The highest BCUT2D eigenvalue weighted by molar-refractivity contribution is 6.31. The van der Waals surface area contributed by atoms with Crippen molar-refractivity contribution in [2.75, 3.05) is 13.3 Å². The molecule has 8 heteroatoms. The number of benzene rings is 2. The maximum Gasteiger partial charge on any atom is 0.231 e. The van der Waals surface area contributed by atoms with E-state index in [0.717, 1.165) is 33.9 Å². The molecule has 7 nitrogen and oxygen atoms in total. The SMILES string of the molecule is O=C(CCc1ccc2c(c1)OCO2)NCC1Cc2cc(Cl)cc(-c3ncccn3)c2O1. The van der Waals surface area contributed by atoms with Crippen LogP contribution in [0.1, 0.15) is 17.5 Å². The number of nitrogens with one attached hydrogen (secondary N) is 1. The lowest BCUT2D eigenvalue weighted by Gasteiger charge is -2.13. The first kappa shape index (κ1) is 19.6. The molecular weight excluding hydrogens is 418 g/mol. The van der Waals surface area contributed by atoms with Gasteiger partial charge in [-0.15, -0.1) is 0 Å². The van der Waals surface area contributed by atoms with Gasteiger partial charge in [0.05, 0.1) is 12.1 Å². The Labute approximate surface area is 184 Å². The number of hydrogen-bond acceptors (Lipinski definition) is 6. The lowest BCUT2D eigenvalue weighted by molar-refractivity contribution is -0.121. The van der Waals surface area contributed by atoms with Gasteiger partial charge in [-0.1, -0.05) is 17.7 Å². The quantitative estimate of drug-likeness (QED) is 0.634. The van der Waals surface area contributed by atoms with Crippen LogP contribution in [0.25, 0.3) is 11.4 Å². The summed E-state index contributed by atoms with van der Waals surface area (Å²) in [4.78, 5) is 21.0. The second-order valence-corrected chi connectivity index (χ2v) is 7.89. The molecule has 2 aromatic carbocycles. The van der Waals surface area contributed by atoms with E-state index >= 15 is 0 Å². The van der Waals surface area contributed by atoms with Crippen molar-refractivity contribution in [3.8, 4) is 28.6 Å². The number of hydrogen-bond donors (Lipinski definition) is 1. The molecule has 0 spiro atoms. The summed E-state index contributed by atoms with van der Waals surface area (Å²) >= 11 is 6.29. The lowest BCUT2D eigenvalue weighted by Crippen LogP contribution is -2.34. The Kier molecular flexibility index (Phi) is 5.34. The van der Waals surface area contributed by atoms with E-state index in [-0.39, 0.29) is 18.8 Å². The average Bonchev–Trinajstić information content (AvgIpc) is 3.42. The zero-order valence-electron chi connectivity index (χ0n) is 16.6.